The number of fused-ring (bicyclic) bond motifs is 6. The van der Waals surface area contributed by atoms with Gasteiger partial charge in [-0.15, -0.1) is 0 Å². The zero-order chi connectivity index (χ0) is 55.9. The average Bonchev–Trinajstić information content (AvgIpc) is 4.15. The molecule has 0 spiro atoms. The second-order valence-corrected chi connectivity index (χ2v) is 20.2. The Kier molecular flexibility index (Phi) is 19.2. The first-order valence-corrected chi connectivity index (χ1v) is 26.6. The molecule has 0 heterocycles. The van der Waals surface area contributed by atoms with Crippen LogP contribution in [0.4, 0.5) is 9.59 Å². The third-order valence-electron chi connectivity index (χ3n) is 13.5. The van der Waals surface area contributed by atoms with Crippen molar-refractivity contribution in [1.82, 2.24) is 5.32 Å². The van der Waals surface area contributed by atoms with Crippen molar-refractivity contribution in [3.8, 4) is 28.0 Å². The molecule has 2 aliphatic carbocycles. The Balaban J connectivity index is 0.000000233. The van der Waals surface area contributed by atoms with Crippen molar-refractivity contribution in [2.75, 3.05) is 39.6 Å². The van der Waals surface area contributed by atoms with Crippen molar-refractivity contribution < 1.29 is 57.2 Å². The Bertz CT molecular complexity index is 3180. The molecule has 0 aromatic heterocycles. The summed E-state index contributed by atoms with van der Waals surface area (Å²) in [4.78, 5) is 75.8. The standard InChI is InChI=1S/C40H41NO8.C26H24O4/c1-5-46-25-37(43)28-18-14-27(15-19-28)23-36(42)35(22-26-16-20-29(21-17-26)48-39(45)49-40(2,3)4)41-38(44)47-24-34-32-12-8-6-10-30(32)31-11-7-9-13-33(31)34;1-2-29-17-25(27)19-13-11-18(12-14-19)15-26(28)30-16-24-22-9-5-3-7-20(22)21-8-4-6-10-23(21)24/h6-21,34-35H,5,22-25H2,1-4H3,(H,41,44);3-14,24H,2,15-17H2,1H3/t35-;/m0./s1. The molecule has 9 rings (SSSR count). The molecule has 7 aromatic carbocycles. The van der Waals surface area contributed by atoms with Gasteiger partial charge in [-0.25, -0.2) is 9.59 Å². The number of ether oxygens (including phenoxy) is 6. The third-order valence-corrected chi connectivity index (χ3v) is 13.5. The summed E-state index contributed by atoms with van der Waals surface area (Å²) in [5, 5.41) is 2.80. The summed E-state index contributed by atoms with van der Waals surface area (Å²) < 4.78 is 32.3. The van der Waals surface area contributed by atoms with E-state index in [2.05, 4.69) is 41.7 Å². The number of carbonyl (C=O) groups is 6. The van der Waals surface area contributed by atoms with Crippen molar-refractivity contribution in [3.63, 3.8) is 0 Å². The minimum atomic E-state index is -0.924. The van der Waals surface area contributed by atoms with E-state index in [1.807, 2.05) is 74.5 Å². The Labute approximate surface area is 461 Å². The van der Waals surface area contributed by atoms with E-state index in [4.69, 9.17) is 28.4 Å². The van der Waals surface area contributed by atoms with Gasteiger partial charge in [-0.3, -0.25) is 19.2 Å². The molecule has 0 saturated heterocycles. The van der Waals surface area contributed by atoms with Crippen LogP contribution in [0.2, 0.25) is 0 Å². The van der Waals surface area contributed by atoms with E-state index in [1.165, 1.54) is 22.3 Å². The van der Waals surface area contributed by atoms with Gasteiger partial charge in [-0.2, -0.15) is 0 Å². The number of amides is 1. The van der Waals surface area contributed by atoms with E-state index in [9.17, 15) is 28.8 Å². The van der Waals surface area contributed by atoms with Crippen LogP contribution in [0, 0.1) is 0 Å². The Morgan fingerprint density at radius 3 is 1.33 bits per heavy atom. The largest absolute Gasteiger partial charge is 0.514 e. The first-order valence-electron chi connectivity index (χ1n) is 26.6. The fourth-order valence-corrected chi connectivity index (χ4v) is 9.65. The summed E-state index contributed by atoms with van der Waals surface area (Å²) >= 11 is 0. The molecule has 1 N–H and O–H groups in total. The van der Waals surface area contributed by atoms with E-state index >= 15 is 0 Å². The minimum absolute atomic E-state index is 0.0114. The lowest BCUT2D eigenvalue weighted by Gasteiger charge is -2.20. The zero-order valence-electron chi connectivity index (χ0n) is 45.2. The molecular weight excluding hydrogens is 999 g/mol. The van der Waals surface area contributed by atoms with Crippen LogP contribution < -0.4 is 10.1 Å². The Morgan fingerprint density at radius 1 is 0.494 bits per heavy atom. The summed E-state index contributed by atoms with van der Waals surface area (Å²) in [5.74, 6) is -0.516. The summed E-state index contributed by atoms with van der Waals surface area (Å²) in [7, 11) is 0. The van der Waals surface area contributed by atoms with Gasteiger partial charge >= 0.3 is 18.2 Å². The minimum Gasteiger partial charge on any atom is -0.464 e. The van der Waals surface area contributed by atoms with Crippen LogP contribution in [0.1, 0.15) is 106 Å². The monoisotopic (exact) mass is 1060 g/mol. The maximum atomic E-state index is 13.7. The first kappa shape index (κ1) is 56.7. The number of benzene rings is 7. The number of ketones is 3. The Hall–Kier alpha value is -8.52. The van der Waals surface area contributed by atoms with Crippen LogP contribution in [0.15, 0.2) is 170 Å². The van der Waals surface area contributed by atoms with E-state index in [0.717, 1.165) is 33.4 Å². The number of alkyl carbamates (subject to hydrolysis) is 1. The predicted octanol–water partition coefficient (Wildman–Crippen LogP) is 12.3. The SMILES string of the molecule is CCOCC(=O)c1ccc(CC(=O)OCC2c3ccccc3-c3ccccc32)cc1.CCOCC(=O)c1ccc(CC(=O)[C@H](Cc2ccc(OC(=O)OC(C)(C)C)cc2)NC(=O)OCC2c3ccccc3-c3ccccc32)cc1. The van der Waals surface area contributed by atoms with Crippen LogP contribution in [0.3, 0.4) is 0 Å². The molecule has 0 radical (unpaired) electrons. The Morgan fingerprint density at radius 2 is 0.899 bits per heavy atom. The van der Waals surface area contributed by atoms with Gasteiger partial charge in [0.2, 0.25) is 0 Å². The van der Waals surface area contributed by atoms with Gasteiger partial charge in [0.1, 0.15) is 37.8 Å². The molecule has 1 atom stereocenters. The van der Waals surface area contributed by atoms with Crippen molar-refractivity contribution in [2.24, 2.45) is 0 Å². The molecule has 406 valence electrons. The van der Waals surface area contributed by atoms with E-state index in [0.29, 0.717) is 36.5 Å². The number of hydrogen-bond donors (Lipinski definition) is 1. The van der Waals surface area contributed by atoms with E-state index < -0.39 is 23.9 Å². The number of esters is 1. The normalized spacial score (nSPS) is 12.6. The van der Waals surface area contributed by atoms with E-state index in [-0.39, 0.29) is 80.0 Å². The van der Waals surface area contributed by atoms with Crippen LogP contribution in [-0.4, -0.2) is 86.9 Å². The predicted molar refractivity (Wildman–Crippen MR) is 301 cm³/mol. The van der Waals surface area contributed by atoms with Gasteiger partial charge < -0.3 is 33.7 Å². The highest BCUT2D eigenvalue weighted by Gasteiger charge is 2.31. The molecule has 0 unspecified atom stereocenters. The second kappa shape index (κ2) is 26.7. The highest BCUT2D eigenvalue weighted by atomic mass is 16.7. The van der Waals surface area contributed by atoms with Gasteiger partial charge in [-0.05, 0) is 114 Å². The number of rotatable bonds is 21. The first-order chi connectivity index (χ1) is 38.2. The lowest BCUT2D eigenvalue weighted by molar-refractivity contribution is -0.143. The summed E-state index contributed by atoms with van der Waals surface area (Å²) in [6, 6.07) is 52.2. The molecule has 0 saturated carbocycles. The quantitative estimate of drug-likeness (QED) is 0.0313. The van der Waals surface area contributed by atoms with Gasteiger partial charge in [0, 0.05) is 42.6 Å². The fraction of sp³-hybridized carbons (Fsp3) is 0.273. The number of hydrogen-bond acceptors (Lipinski definition) is 12. The molecule has 0 bridgehead atoms. The summed E-state index contributed by atoms with van der Waals surface area (Å²) in [6.07, 6.45) is -1.16. The number of Topliss-reactive ketones (excluding diaryl/α,β-unsaturated/α-hetero) is 3. The summed E-state index contributed by atoms with van der Waals surface area (Å²) in [6.45, 7) is 10.3. The fourth-order valence-electron chi connectivity index (χ4n) is 9.65. The molecular formula is C66H65NO12. The molecule has 7 aromatic rings. The highest BCUT2D eigenvalue weighted by molar-refractivity contribution is 5.98. The maximum absolute atomic E-state index is 13.7. The number of nitrogens with one attached hydrogen (secondary N) is 1. The molecule has 0 aliphatic heterocycles. The van der Waals surface area contributed by atoms with Crippen LogP contribution >= 0.6 is 0 Å². The van der Waals surface area contributed by atoms with Crippen LogP contribution in [0.25, 0.3) is 22.3 Å². The molecule has 2 aliphatic rings. The van der Waals surface area contributed by atoms with E-state index in [1.54, 1.807) is 93.6 Å². The molecule has 79 heavy (non-hydrogen) atoms. The molecule has 13 heteroatoms. The van der Waals surface area contributed by atoms with Gasteiger partial charge in [0.05, 0.1) is 12.5 Å². The van der Waals surface area contributed by atoms with Crippen molar-refractivity contribution in [3.05, 3.63) is 220 Å². The number of carbonyl (C=O) groups excluding carboxylic acids is 6. The lowest BCUT2D eigenvalue weighted by atomic mass is 9.97. The summed E-state index contributed by atoms with van der Waals surface area (Å²) in [5.41, 5.74) is 11.8. The van der Waals surface area contributed by atoms with Gasteiger partial charge in [0.15, 0.2) is 17.3 Å². The molecule has 1 amide bonds. The second-order valence-electron chi connectivity index (χ2n) is 20.2. The van der Waals surface area contributed by atoms with Crippen LogP contribution in [-0.2, 0) is 52.5 Å². The maximum Gasteiger partial charge on any atom is 0.514 e. The van der Waals surface area contributed by atoms with Gasteiger partial charge in [0.25, 0.3) is 0 Å². The van der Waals surface area contributed by atoms with Gasteiger partial charge in [-0.1, -0.05) is 158 Å². The molecule has 13 nitrogen and oxygen atoms in total. The third kappa shape index (κ3) is 15.2. The lowest BCUT2D eigenvalue weighted by Crippen LogP contribution is -2.43. The smallest absolute Gasteiger partial charge is 0.464 e. The highest BCUT2D eigenvalue weighted by Crippen LogP contribution is 2.46. The van der Waals surface area contributed by atoms with Crippen molar-refractivity contribution in [2.45, 2.75) is 77.4 Å². The zero-order valence-corrected chi connectivity index (χ0v) is 45.2. The molecule has 0 fully saturated rings. The van der Waals surface area contributed by atoms with Crippen LogP contribution in [0.5, 0.6) is 5.75 Å². The topological polar surface area (TPSA) is 170 Å². The van der Waals surface area contributed by atoms with Crippen molar-refractivity contribution in [1.29, 1.82) is 0 Å². The average molecular weight is 1060 g/mol. The van der Waals surface area contributed by atoms with Crippen molar-refractivity contribution >= 4 is 35.6 Å².